The van der Waals surface area contributed by atoms with Crippen molar-refractivity contribution in [3.63, 3.8) is 0 Å². The van der Waals surface area contributed by atoms with Crippen LogP contribution in [0.15, 0.2) is 12.1 Å². The quantitative estimate of drug-likeness (QED) is 0.655. The molecule has 25 heavy (non-hydrogen) atoms. The smallest absolute Gasteiger partial charge is 0.285 e. The lowest BCUT2D eigenvalue weighted by molar-refractivity contribution is -0.124. The first-order valence-electron chi connectivity index (χ1n) is 8.96. The maximum absolute atomic E-state index is 12.0. The fourth-order valence-electron chi connectivity index (χ4n) is 3.38. The molecule has 1 saturated heterocycles. The number of Topliss-reactive ketones (excluding diaryl/α,β-unsaturated/α-hetero) is 1. The van der Waals surface area contributed by atoms with Gasteiger partial charge in [-0.05, 0) is 56.2 Å². The van der Waals surface area contributed by atoms with Crippen LogP contribution in [0.1, 0.15) is 43.4 Å². The number of hydrogen-bond acceptors (Lipinski definition) is 4. The highest BCUT2D eigenvalue weighted by Crippen LogP contribution is 2.25. The number of nitrogens with zero attached hydrogens (tertiary/aromatic N) is 1. The first-order valence-corrected chi connectivity index (χ1v) is 8.96. The fourth-order valence-corrected chi connectivity index (χ4v) is 3.38. The molecule has 0 aromatic heterocycles. The first-order chi connectivity index (χ1) is 11.8. The number of benzene rings is 1. The number of ketones is 1. The predicted molar refractivity (Wildman–Crippen MR) is 99.4 cm³/mol. The van der Waals surface area contributed by atoms with Gasteiger partial charge in [0.25, 0.3) is 6.02 Å². The van der Waals surface area contributed by atoms with E-state index in [2.05, 4.69) is 6.92 Å². The average Bonchev–Trinajstić information content (AvgIpc) is 2.54. The van der Waals surface area contributed by atoms with Crippen LogP contribution in [0.5, 0.6) is 5.75 Å². The minimum atomic E-state index is -0.626. The molecule has 2 rings (SSSR count). The molecular formula is C20H30N2O3. The molecule has 1 fully saturated rings. The van der Waals surface area contributed by atoms with Gasteiger partial charge in [0, 0.05) is 19.5 Å². The van der Waals surface area contributed by atoms with Crippen molar-refractivity contribution in [2.24, 2.45) is 5.92 Å². The van der Waals surface area contributed by atoms with Crippen LogP contribution in [0.4, 0.5) is 0 Å². The van der Waals surface area contributed by atoms with Crippen molar-refractivity contribution in [3.8, 4) is 5.75 Å². The Labute approximate surface area is 150 Å². The number of ether oxygens (including phenoxy) is 2. The summed E-state index contributed by atoms with van der Waals surface area (Å²) in [6.45, 7) is 9.40. The molecule has 0 radical (unpaired) electrons. The Kier molecular flexibility index (Phi) is 6.45. The van der Waals surface area contributed by atoms with Crippen LogP contribution in [0.2, 0.25) is 0 Å². The molecule has 138 valence electrons. The molecule has 1 aromatic carbocycles. The van der Waals surface area contributed by atoms with Crippen molar-refractivity contribution < 1.29 is 14.3 Å². The topological polar surface area (TPSA) is 62.6 Å². The second kappa shape index (κ2) is 8.37. The number of rotatable bonds is 5. The minimum absolute atomic E-state index is 0.0544. The number of hydrogen-bond donors (Lipinski definition) is 1. The summed E-state index contributed by atoms with van der Waals surface area (Å²) >= 11 is 0. The van der Waals surface area contributed by atoms with E-state index in [1.807, 2.05) is 30.9 Å². The molecule has 0 unspecified atom stereocenters. The van der Waals surface area contributed by atoms with Gasteiger partial charge in [0.15, 0.2) is 11.9 Å². The number of aryl methyl sites for hydroxylation is 2. The zero-order chi connectivity index (χ0) is 18.6. The largest absolute Gasteiger partial charge is 0.496 e. The lowest BCUT2D eigenvalue weighted by Crippen LogP contribution is -2.42. The van der Waals surface area contributed by atoms with Gasteiger partial charge in [-0.1, -0.05) is 19.1 Å². The van der Waals surface area contributed by atoms with Gasteiger partial charge in [-0.2, -0.15) is 0 Å². The third-order valence-electron chi connectivity index (χ3n) is 4.92. The Hall–Kier alpha value is -2.04. The molecule has 5 nitrogen and oxygen atoms in total. The number of piperidine rings is 1. The molecule has 0 bridgehead atoms. The number of carbonyl (C=O) groups excluding carboxylic acids is 1. The summed E-state index contributed by atoms with van der Waals surface area (Å²) in [7, 11) is 1.66. The third kappa shape index (κ3) is 4.97. The minimum Gasteiger partial charge on any atom is -0.496 e. The van der Waals surface area contributed by atoms with E-state index in [0.717, 1.165) is 48.4 Å². The maximum atomic E-state index is 12.0. The van der Waals surface area contributed by atoms with E-state index in [1.165, 1.54) is 6.92 Å². The normalized spacial score (nSPS) is 16.4. The fraction of sp³-hybridized carbons (Fsp3) is 0.600. The number of likely N-dealkylation sites (tertiary alicyclic amines) is 1. The first kappa shape index (κ1) is 19.3. The van der Waals surface area contributed by atoms with Gasteiger partial charge in [0.05, 0.1) is 7.11 Å². The standard InChI is InChI=1S/C20H30N2O3/c1-13-6-8-22(9-7-13)20(21)25-18(16(4)23)12-17-10-14(2)19(24-5)15(3)11-17/h10-11,13,18,21H,6-9,12H2,1-5H3/t18-/m1/s1. The second-order valence-corrected chi connectivity index (χ2v) is 7.16. The van der Waals surface area contributed by atoms with Crippen LogP contribution in [0.25, 0.3) is 0 Å². The summed E-state index contributed by atoms with van der Waals surface area (Å²) < 4.78 is 11.2. The summed E-state index contributed by atoms with van der Waals surface area (Å²) in [5.74, 6) is 1.51. The maximum Gasteiger partial charge on any atom is 0.285 e. The molecule has 5 heteroatoms. The Balaban J connectivity index is 2.06. The molecule has 1 heterocycles. The number of amidine groups is 1. The van der Waals surface area contributed by atoms with Gasteiger partial charge in [-0.15, -0.1) is 0 Å². The summed E-state index contributed by atoms with van der Waals surface area (Å²) in [4.78, 5) is 14.0. The molecule has 1 aromatic rings. The van der Waals surface area contributed by atoms with Gasteiger partial charge in [0.1, 0.15) is 5.75 Å². The van der Waals surface area contributed by atoms with Crippen LogP contribution in [-0.4, -0.2) is 43.0 Å². The SMILES string of the molecule is COc1c(C)cc(C[C@@H](OC(=N)N2CCC(C)CC2)C(C)=O)cc1C. The zero-order valence-corrected chi connectivity index (χ0v) is 16.0. The molecule has 1 aliphatic rings. The Morgan fingerprint density at radius 2 is 1.84 bits per heavy atom. The van der Waals surface area contributed by atoms with Gasteiger partial charge in [0.2, 0.25) is 0 Å². The number of nitrogens with one attached hydrogen (secondary N) is 1. The van der Waals surface area contributed by atoms with E-state index < -0.39 is 6.10 Å². The van der Waals surface area contributed by atoms with E-state index in [-0.39, 0.29) is 11.8 Å². The van der Waals surface area contributed by atoms with Crippen LogP contribution in [-0.2, 0) is 16.0 Å². The van der Waals surface area contributed by atoms with Crippen molar-refractivity contribution >= 4 is 11.8 Å². The average molecular weight is 346 g/mol. The molecular weight excluding hydrogens is 316 g/mol. The highest BCUT2D eigenvalue weighted by atomic mass is 16.5. The van der Waals surface area contributed by atoms with Crippen molar-refractivity contribution in [1.29, 1.82) is 5.41 Å². The van der Waals surface area contributed by atoms with Crippen molar-refractivity contribution in [1.82, 2.24) is 4.90 Å². The molecule has 0 saturated carbocycles. The van der Waals surface area contributed by atoms with Crippen molar-refractivity contribution in [2.45, 2.75) is 53.1 Å². The Bertz CT molecular complexity index is 611. The van der Waals surface area contributed by atoms with Crippen LogP contribution >= 0.6 is 0 Å². The van der Waals surface area contributed by atoms with Crippen LogP contribution in [0.3, 0.4) is 0 Å². The predicted octanol–water partition coefficient (Wildman–Crippen LogP) is 3.50. The molecule has 1 atom stereocenters. The summed E-state index contributed by atoms with van der Waals surface area (Å²) in [5, 5.41) is 8.22. The zero-order valence-electron chi connectivity index (χ0n) is 16.0. The van der Waals surface area contributed by atoms with Gasteiger partial charge in [-0.25, -0.2) is 0 Å². The third-order valence-corrected chi connectivity index (χ3v) is 4.92. The van der Waals surface area contributed by atoms with E-state index in [9.17, 15) is 4.79 Å². The number of methoxy groups -OCH3 is 1. The van der Waals surface area contributed by atoms with Gasteiger partial charge in [-0.3, -0.25) is 10.2 Å². The highest BCUT2D eigenvalue weighted by molar-refractivity contribution is 5.84. The van der Waals surface area contributed by atoms with E-state index in [1.54, 1.807) is 7.11 Å². The molecule has 0 aliphatic carbocycles. The second-order valence-electron chi connectivity index (χ2n) is 7.16. The Morgan fingerprint density at radius 1 is 1.28 bits per heavy atom. The van der Waals surface area contributed by atoms with E-state index in [4.69, 9.17) is 14.9 Å². The van der Waals surface area contributed by atoms with Crippen molar-refractivity contribution in [2.75, 3.05) is 20.2 Å². The molecule has 1 aliphatic heterocycles. The molecule has 1 N–H and O–H groups in total. The summed E-state index contributed by atoms with van der Waals surface area (Å²) in [5.41, 5.74) is 3.11. The number of carbonyl (C=O) groups is 1. The van der Waals surface area contributed by atoms with Crippen LogP contribution < -0.4 is 4.74 Å². The lowest BCUT2D eigenvalue weighted by Gasteiger charge is -2.32. The highest BCUT2D eigenvalue weighted by Gasteiger charge is 2.24. The monoisotopic (exact) mass is 346 g/mol. The molecule has 0 spiro atoms. The van der Waals surface area contributed by atoms with E-state index in [0.29, 0.717) is 12.3 Å². The van der Waals surface area contributed by atoms with Gasteiger partial charge >= 0.3 is 0 Å². The summed E-state index contributed by atoms with van der Waals surface area (Å²) in [6.07, 6.45) is 1.97. The van der Waals surface area contributed by atoms with Crippen LogP contribution in [0, 0.1) is 25.2 Å². The lowest BCUT2D eigenvalue weighted by atomic mass is 9.99. The van der Waals surface area contributed by atoms with Crippen molar-refractivity contribution in [3.05, 3.63) is 28.8 Å². The van der Waals surface area contributed by atoms with Gasteiger partial charge < -0.3 is 14.4 Å². The van der Waals surface area contributed by atoms with E-state index >= 15 is 0 Å². The summed E-state index contributed by atoms with van der Waals surface area (Å²) in [6, 6.07) is 4.17. The molecule has 0 amide bonds. The Morgan fingerprint density at radius 3 is 2.32 bits per heavy atom.